The first-order chi connectivity index (χ1) is 10.7. The van der Waals surface area contributed by atoms with Gasteiger partial charge in [0.2, 0.25) is 0 Å². The fraction of sp³-hybridized carbons (Fsp3) is 0.176. The van der Waals surface area contributed by atoms with Crippen LogP contribution in [0.15, 0.2) is 53.3 Å². The van der Waals surface area contributed by atoms with Crippen molar-refractivity contribution in [2.24, 2.45) is 0 Å². The summed E-state index contributed by atoms with van der Waals surface area (Å²) in [5.41, 5.74) is 1.28. The van der Waals surface area contributed by atoms with Crippen molar-refractivity contribution in [3.05, 3.63) is 64.4 Å². The Balaban J connectivity index is 1.76. The molecule has 1 fully saturated rings. The highest BCUT2D eigenvalue weighted by molar-refractivity contribution is 7.14. The first-order valence-electron chi connectivity index (χ1n) is 7.25. The number of amides is 1. The topological polar surface area (TPSA) is 51.1 Å². The number of nitrogens with one attached hydrogen (secondary N) is 1. The van der Waals surface area contributed by atoms with E-state index in [9.17, 15) is 9.59 Å². The van der Waals surface area contributed by atoms with Crippen molar-refractivity contribution in [2.75, 3.05) is 0 Å². The van der Waals surface area contributed by atoms with Crippen molar-refractivity contribution in [3.8, 4) is 5.69 Å². The molecule has 1 N–H and O–H groups in total. The fourth-order valence-corrected chi connectivity index (χ4v) is 3.40. The molecule has 1 heterocycles. The van der Waals surface area contributed by atoms with Crippen molar-refractivity contribution in [2.45, 2.75) is 18.9 Å². The van der Waals surface area contributed by atoms with Gasteiger partial charge in [0.15, 0.2) is 0 Å². The molecule has 0 radical (unpaired) electrons. The van der Waals surface area contributed by atoms with Gasteiger partial charge in [-0.2, -0.15) is 0 Å². The predicted octanol–water partition coefficient (Wildman–Crippen LogP) is 2.94. The van der Waals surface area contributed by atoms with Crippen LogP contribution in [-0.2, 0) is 0 Å². The SMILES string of the molecule is O=C(NC1CC1)c1cccc(-n2sc3ccccc3c2=O)c1. The summed E-state index contributed by atoms with van der Waals surface area (Å²) in [5.74, 6) is -0.0708. The van der Waals surface area contributed by atoms with E-state index < -0.39 is 0 Å². The van der Waals surface area contributed by atoms with Gasteiger partial charge >= 0.3 is 0 Å². The lowest BCUT2D eigenvalue weighted by atomic mass is 10.2. The average molecular weight is 310 g/mol. The van der Waals surface area contributed by atoms with Crippen molar-refractivity contribution in [1.82, 2.24) is 9.27 Å². The standard InChI is InChI=1S/C17H14N2O2S/c20-16(18-12-8-9-12)11-4-3-5-13(10-11)19-17(21)14-6-1-2-7-15(14)22-19/h1-7,10,12H,8-9H2,(H,18,20). The largest absolute Gasteiger partial charge is 0.349 e. The highest BCUT2D eigenvalue weighted by Gasteiger charge is 2.24. The molecule has 1 aromatic heterocycles. The monoisotopic (exact) mass is 310 g/mol. The third kappa shape index (κ3) is 2.33. The second-order valence-electron chi connectivity index (χ2n) is 5.49. The maximum absolute atomic E-state index is 12.5. The molecule has 5 heteroatoms. The van der Waals surface area contributed by atoms with Crippen LogP contribution in [0.25, 0.3) is 15.8 Å². The number of aromatic nitrogens is 1. The second kappa shape index (κ2) is 5.10. The summed E-state index contributed by atoms with van der Waals surface area (Å²) in [4.78, 5) is 24.6. The van der Waals surface area contributed by atoms with Gasteiger partial charge in [0, 0.05) is 11.6 Å². The number of hydrogen-bond donors (Lipinski definition) is 1. The number of rotatable bonds is 3. The van der Waals surface area contributed by atoms with Crippen LogP contribution in [0, 0.1) is 0 Å². The first-order valence-corrected chi connectivity index (χ1v) is 8.02. The number of benzene rings is 2. The third-order valence-electron chi connectivity index (χ3n) is 3.75. The highest BCUT2D eigenvalue weighted by atomic mass is 32.1. The van der Waals surface area contributed by atoms with Gasteiger partial charge in [0.05, 0.1) is 15.8 Å². The van der Waals surface area contributed by atoms with E-state index in [1.807, 2.05) is 36.4 Å². The number of carbonyl (C=O) groups is 1. The van der Waals surface area contributed by atoms with E-state index in [0.29, 0.717) is 17.0 Å². The molecule has 0 aliphatic heterocycles. The summed E-state index contributed by atoms with van der Waals surface area (Å²) in [7, 11) is 0. The molecule has 1 amide bonds. The van der Waals surface area contributed by atoms with Crippen LogP contribution in [0.5, 0.6) is 0 Å². The Morgan fingerprint density at radius 1 is 1.14 bits per heavy atom. The number of hydrogen-bond acceptors (Lipinski definition) is 3. The molecule has 4 nitrogen and oxygen atoms in total. The second-order valence-corrected chi connectivity index (χ2v) is 6.47. The normalized spacial score (nSPS) is 14.2. The fourth-order valence-electron chi connectivity index (χ4n) is 2.41. The van der Waals surface area contributed by atoms with Gasteiger partial charge in [0.1, 0.15) is 0 Å². The maximum atomic E-state index is 12.5. The van der Waals surface area contributed by atoms with Gasteiger partial charge in [-0.15, -0.1) is 0 Å². The Morgan fingerprint density at radius 3 is 2.73 bits per heavy atom. The van der Waals surface area contributed by atoms with Crippen LogP contribution in [-0.4, -0.2) is 15.9 Å². The summed E-state index contributed by atoms with van der Waals surface area (Å²) < 4.78 is 2.58. The Bertz CT molecular complexity index is 922. The van der Waals surface area contributed by atoms with Gasteiger partial charge in [-0.25, -0.2) is 3.96 Å². The van der Waals surface area contributed by atoms with E-state index in [1.165, 1.54) is 11.5 Å². The summed E-state index contributed by atoms with van der Waals surface area (Å²) in [6, 6.07) is 15.1. The first kappa shape index (κ1) is 13.3. The van der Waals surface area contributed by atoms with Gasteiger partial charge < -0.3 is 5.32 Å². The molecular formula is C17H14N2O2S. The molecule has 2 aromatic carbocycles. The number of nitrogens with zero attached hydrogens (tertiary/aromatic N) is 1. The summed E-state index contributed by atoms with van der Waals surface area (Å²) in [5, 5.41) is 3.68. The van der Waals surface area contributed by atoms with E-state index in [1.54, 1.807) is 16.1 Å². The van der Waals surface area contributed by atoms with Crippen LogP contribution in [0.4, 0.5) is 0 Å². The predicted molar refractivity (Wildman–Crippen MR) is 87.9 cm³/mol. The molecule has 22 heavy (non-hydrogen) atoms. The van der Waals surface area contributed by atoms with Crippen molar-refractivity contribution in [1.29, 1.82) is 0 Å². The molecule has 1 aliphatic carbocycles. The van der Waals surface area contributed by atoms with E-state index in [4.69, 9.17) is 0 Å². The quantitative estimate of drug-likeness (QED) is 0.808. The summed E-state index contributed by atoms with van der Waals surface area (Å²) in [6.07, 6.45) is 2.11. The Morgan fingerprint density at radius 2 is 1.95 bits per heavy atom. The van der Waals surface area contributed by atoms with Crippen molar-refractivity contribution < 1.29 is 4.79 Å². The van der Waals surface area contributed by atoms with Crippen LogP contribution >= 0.6 is 11.5 Å². The Labute approximate surface area is 131 Å². The van der Waals surface area contributed by atoms with E-state index in [-0.39, 0.29) is 11.5 Å². The van der Waals surface area contributed by atoms with Crippen molar-refractivity contribution >= 4 is 27.5 Å². The van der Waals surface area contributed by atoms with Crippen LogP contribution in [0.1, 0.15) is 23.2 Å². The lowest BCUT2D eigenvalue weighted by Gasteiger charge is -2.05. The Hall–Kier alpha value is -2.40. The molecule has 0 bridgehead atoms. The highest BCUT2D eigenvalue weighted by Crippen LogP contribution is 2.22. The third-order valence-corrected chi connectivity index (χ3v) is 4.86. The molecule has 0 unspecified atom stereocenters. The lowest BCUT2D eigenvalue weighted by Crippen LogP contribution is -2.25. The molecule has 1 aliphatic rings. The minimum Gasteiger partial charge on any atom is -0.349 e. The summed E-state index contributed by atoms with van der Waals surface area (Å²) >= 11 is 1.40. The zero-order valence-corrected chi connectivity index (χ0v) is 12.6. The molecule has 110 valence electrons. The lowest BCUT2D eigenvalue weighted by molar-refractivity contribution is 0.0951. The van der Waals surface area contributed by atoms with Gasteiger partial charge in [-0.1, -0.05) is 29.7 Å². The van der Waals surface area contributed by atoms with Crippen molar-refractivity contribution in [3.63, 3.8) is 0 Å². The Kier molecular flexibility index (Phi) is 3.08. The number of carbonyl (C=O) groups excluding carboxylic acids is 1. The zero-order valence-electron chi connectivity index (χ0n) is 11.8. The van der Waals surface area contributed by atoms with E-state index in [2.05, 4.69) is 5.32 Å². The maximum Gasteiger partial charge on any atom is 0.273 e. The molecule has 4 rings (SSSR count). The van der Waals surface area contributed by atoms with Crippen LogP contribution in [0.3, 0.4) is 0 Å². The van der Waals surface area contributed by atoms with Crippen LogP contribution < -0.4 is 10.9 Å². The zero-order chi connectivity index (χ0) is 15.1. The molecule has 3 aromatic rings. The number of fused-ring (bicyclic) bond motifs is 1. The van der Waals surface area contributed by atoms with Gasteiger partial charge in [0.25, 0.3) is 11.5 Å². The van der Waals surface area contributed by atoms with Gasteiger partial charge in [-0.3, -0.25) is 9.59 Å². The minimum absolute atomic E-state index is 0.0413. The van der Waals surface area contributed by atoms with E-state index in [0.717, 1.165) is 23.2 Å². The van der Waals surface area contributed by atoms with Crippen LogP contribution in [0.2, 0.25) is 0 Å². The smallest absolute Gasteiger partial charge is 0.273 e. The molecule has 0 atom stereocenters. The molecular weight excluding hydrogens is 296 g/mol. The molecule has 1 saturated carbocycles. The van der Waals surface area contributed by atoms with E-state index >= 15 is 0 Å². The minimum atomic E-state index is -0.0708. The average Bonchev–Trinajstić information content (AvgIpc) is 3.30. The molecule has 0 saturated heterocycles. The molecule has 0 spiro atoms. The summed E-state index contributed by atoms with van der Waals surface area (Å²) in [6.45, 7) is 0. The van der Waals surface area contributed by atoms with Gasteiger partial charge in [-0.05, 0) is 43.2 Å².